The topological polar surface area (TPSA) is 100 Å². The maximum Gasteiger partial charge on any atom is 0.288 e. The molecule has 1 heterocycles. The SMILES string of the molecule is O=C(NN=Cc1ccc(Cl)c([N+](=O)[O-])c1)c1[nH]c2ccccc2c1-c1ccccc1. The Morgan fingerprint density at radius 2 is 1.80 bits per heavy atom. The van der Waals surface area contributed by atoms with Gasteiger partial charge >= 0.3 is 0 Å². The van der Waals surface area contributed by atoms with Crippen LogP contribution in [0.5, 0.6) is 0 Å². The van der Waals surface area contributed by atoms with Crippen LogP contribution >= 0.6 is 11.6 Å². The van der Waals surface area contributed by atoms with Crippen LogP contribution in [0.2, 0.25) is 5.02 Å². The van der Waals surface area contributed by atoms with Gasteiger partial charge in [-0.3, -0.25) is 14.9 Å². The van der Waals surface area contributed by atoms with E-state index < -0.39 is 10.8 Å². The van der Waals surface area contributed by atoms with Crippen molar-refractivity contribution in [2.45, 2.75) is 0 Å². The van der Waals surface area contributed by atoms with Crippen molar-refractivity contribution in [1.82, 2.24) is 10.4 Å². The molecule has 0 saturated heterocycles. The smallest absolute Gasteiger partial charge is 0.288 e. The maximum atomic E-state index is 12.8. The largest absolute Gasteiger partial charge is 0.350 e. The molecule has 0 spiro atoms. The fourth-order valence-electron chi connectivity index (χ4n) is 3.19. The van der Waals surface area contributed by atoms with Crippen molar-refractivity contribution in [3.8, 4) is 11.1 Å². The molecule has 0 bridgehead atoms. The first kappa shape index (κ1) is 19.4. The number of benzene rings is 3. The number of rotatable bonds is 5. The van der Waals surface area contributed by atoms with Gasteiger partial charge in [-0.25, -0.2) is 5.43 Å². The van der Waals surface area contributed by atoms with Gasteiger partial charge in [0, 0.05) is 28.1 Å². The second-order valence-corrected chi connectivity index (χ2v) is 6.86. The summed E-state index contributed by atoms with van der Waals surface area (Å²) in [5.41, 5.74) is 5.57. The van der Waals surface area contributed by atoms with Gasteiger partial charge in [0.1, 0.15) is 10.7 Å². The van der Waals surface area contributed by atoms with Crippen molar-refractivity contribution in [3.05, 3.63) is 99.2 Å². The Kier molecular flexibility index (Phi) is 5.28. The van der Waals surface area contributed by atoms with Crippen molar-refractivity contribution in [1.29, 1.82) is 0 Å². The van der Waals surface area contributed by atoms with E-state index in [1.165, 1.54) is 18.3 Å². The highest BCUT2D eigenvalue weighted by Crippen LogP contribution is 2.32. The third-order valence-electron chi connectivity index (χ3n) is 4.54. The Labute approximate surface area is 176 Å². The molecule has 0 atom stereocenters. The van der Waals surface area contributed by atoms with Crippen LogP contribution in [0, 0.1) is 10.1 Å². The second kappa shape index (κ2) is 8.18. The van der Waals surface area contributed by atoms with Crippen molar-refractivity contribution in [2.24, 2.45) is 5.10 Å². The number of halogens is 1. The standard InChI is InChI=1S/C22H15ClN4O3/c23-17-11-10-14(12-19(17)27(29)30)13-24-26-22(28)21-20(15-6-2-1-3-7-15)16-8-4-5-9-18(16)25-21/h1-13,25H,(H,26,28). The summed E-state index contributed by atoms with van der Waals surface area (Å²) in [5, 5.41) is 15.9. The number of amides is 1. The van der Waals surface area contributed by atoms with Crippen LogP contribution in [0.1, 0.15) is 16.1 Å². The van der Waals surface area contributed by atoms with Gasteiger partial charge in [0.25, 0.3) is 11.6 Å². The molecule has 0 aliphatic rings. The molecule has 0 unspecified atom stereocenters. The predicted octanol–water partition coefficient (Wildman–Crippen LogP) is 5.16. The van der Waals surface area contributed by atoms with Gasteiger partial charge in [-0.05, 0) is 17.7 Å². The Bertz CT molecular complexity index is 1280. The molecule has 2 N–H and O–H groups in total. The lowest BCUT2D eigenvalue weighted by Gasteiger charge is -2.04. The van der Waals surface area contributed by atoms with E-state index >= 15 is 0 Å². The van der Waals surface area contributed by atoms with E-state index in [9.17, 15) is 14.9 Å². The Hall–Kier alpha value is -3.97. The second-order valence-electron chi connectivity index (χ2n) is 6.45. The molecule has 1 amide bonds. The molecule has 148 valence electrons. The van der Waals surface area contributed by atoms with Crippen LogP contribution in [-0.4, -0.2) is 22.0 Å². The first-order chi connectivity index (χ1) is 14.5. The number of nitro benzene ring substituents is 1. The van der Waals surface area contributed by atoms with E-state index in [2.05, 4.69) is 15.5 Å². The van der Waals surface area contributed by atoms with Crippen molar-refractivity contribution >= 4 is 40.3 Å². The highest BCUT2D eigenvalue weighted by molar-refractivity contribution is 6.32. The van der Waals surface area contributed by atoms with Gasteiger partial charge < -0.3 is 4.98 Å². The summed E-state index contributed by atoms with van der Waals surface area (Å²) in [5.74, 6) is -0.426. The van der Waals surface area contributed by atoms with Crippen LogP contribution in [0.25, 0.3) is 22.0 Å². The van der Waals surface area contributed by atoms with E-state index in [1.807, 2.05) is 54.6 Å². The number of hydrazone groups is 1. The molecule has 0 saturated carbocycles. The summed E-state index contributed by atoms with van der Waals surface area (Å²) in [6.45, 7) is 0. The molecule has 8 heteroatoms. The number of para-hydroxylation sites is 1. The van der Waals surface area contributed by atoms with E-state index in [0.717, 1.165) is 22.0 Å². The van der Waals surface area contributed by atoms with Crippen LogP contribution in [0.4, 0.5) is 5.69 Å². The average molecular weight is 419 g/mol. The predicted molar refractivity (Wildman–Crippen MR) is 117 cm³/mol. The molecular formula is C22H15ClN4O3. The summed E-state index contributed by atoms with van der Waals surface area (Å²) in [6.07, 6.45) is 1.33. The normalized spacial score (nSPS) is 11.1. The van der Waals surface area contributed by atoms with Gasteiger partial charge in [-0.1, -0.05) is 66.2 Å². The van der Waals surface area contributed by atoms with Crippen LogP contribution in [0.15, 0.2) is 77.9 Å². The number of fused-ring (bicyclic) bond motifs is 1. The van der Waals surface area contributed by atoms with E-state index in [0.29, 0.717) is 11.3 Å². The first-order valence-corrected chi connectivity index (χ1v) is 9.36. The number of carbonyl (C=O) groups excluding carboxylic acids is 1. The summed E-state index contributed by atoms with van der Waals surface area (Å²) in [4.78, 5) is 26.4. The molecular weight excluding hydrogens is 404 g/mol. The average Bonchev–Trinajstić information content (AvgIpc) is 3.15. The molecule has 4 aromatic rings. The number of H-pyrrole nitrogens is 1. The summed E-state index contributed by atoms with van der Waals surface area (Å²) in [7, 11) is 0. The Morgan fingerprint density at radius 3 is 2.57 bits per heavy atom. The van der Waals surface area contributed by atoms with E-state index in [1.54, 1.807) is 6.07 Å². The molecule has 0 fully saturated rings. The van der Waals surface area contributed by atoms with Crippen molar-refractivity contribution in [2.75, 3.05) is 0 Å². The zero-order valence-electron chi connectivity index (χ0n) is 15.5. The minimum absolute atomic E-state index is 0.0340. The van der Waals surface area contributed by atoms with Gasteiger partial charge in [0.2, 0.25) is 0 Å². The van der Waals surface area contributed by atoms with Crippen LogP contribution < -0.4 is 5.43 Å². The lowest BCUT2D eigenvalue weighted by Crippen LogP contribution is -2.18. The third-order valence-corrected chi connectivity index (χ3v) is 4.86. The van der Waals surface area contributed by atoms with Gasteiger partial charge in [-0.2, -0.15) is 5.10 Å². The lowest BCUT2D eigenvalue weighted by molar-refractivity contribution is -0.384. The number of aromatic nitrogens is 1. The summed E-state index contributed by atoms with van der Waals surface area (Å²) < 4.78 is 0. The van der Waals surface area contributed by atoms with Gasteiger partial charge in [0.05, 0.1) is 11.1 Å². The molecule has 7 nitrogen and oxygen atoms in total. The van der Waals surface area contributed by atoms with Crippen LogP contribution in [0.3, 0.4) is 0 Å². The monoisotopic (exact) mass is 418 g/mol. The number of nitro groups is 1. The minimum Gasteiger partial charge on any atom is -0.350 e. The number of nitrogens with zero attached hydrogens (tertiary/aromatic N) is 2. The minimum atomic E-state index is -0.575. The number of aromatic amines is 1. The first-order valence-electron chi connectivity index (χ1n) is 8.98. The molecule has 0 aliphatic carbocycles. The van der Waals surface area contributed by atoms with Gasteiger partial charge in [0.15, 0.2) is 0 Å². The highest BCUT2D eigenvalue weighted by Gasteiger charge is 2.18. The Morgan fingerprint density at radius 1 is 1.07 bits per heavy atom. The molecule has 1 aromatic heterocycles. The number of carbonyl (C=O) groups is 1. The van der Waals surface area contributed by atoms with E-state index in [-0.39, 0.29) is 10.7 Å². The zero-order chi connectivity index (χ0) is 21.1. The fourth-order valence-corrected chi connectivity index (χ4v) is 3.37. The molecule has 30 heavy (non-hydrogen) atoms. The lowest BCUT2D eigenvalue weighted by atomic mass is 10.0. The maximum absolute atomic E-state index is 12.8. The summed E-state index contributed by atoms with van der Waals surface area (Å²) in [6, 6.07) is 21.5. The van der Waals surface area contributed by atoms with Crippen molar-refractivity contribution in [3.63, 3.8) is 0 Å². The molecule has 4 rings (SSSR count). The number of nitrogens with one attached hydrogen (secondary N) is 2. The molecule has 3 aromatic carbocycles. The van der Waals surface area contributed by atoms with E-state index in [4.69, 9.17) is 11.6 Å². The zero-order valence-corrected chi connectivity index (χ0v) is 16.3. The molecule has 0 radical (unpaired) electrons. The van der Waals surface area contributed by atoms with Crippen molar-refractivity contribution < 1.29 is 9.72 Å². The highest BCUT2D eigenvalue weighted by atomic mass is 35.5. The number of hydrogen-bond donors (Lipinski definition) is 2. The van der Waals surface area contributed by atoms with Crippen LogP contribution in [-0.2, 0) is 0 Å². The molecule has 0 aliphatic heterocycles. The fraction of sp³-hybridized carbons (Fsp3) is 0. The Balaban J connectivity index is 1.64. The quantitative estimate of drug-likeness (QED) is 0.266. The summed E-state index contributed by atoms with van der Waals surface area (Å²) >= 11 is 5.81. The third kappa shape index (κ3) is 3.78. The number of hydrogen-bond acceptors (Lipinski definition) is 4. The van der Waals surface area contributed by atoms with Gasteiger partial charge in [-0.15, -0.1) is 0 Å².